The molecule has 2 aliphatic rings. The predicted octanol–water partition coefficient (Wildman–Crippen LogP) is 1.07. The van der Waals surface area contributed by atoms with Crippen LogP contribution in [0.5, 0.6) is 0 Å². The highest BCUT2D eigenvalue weighted by Gasteiger charge is 2.35. The number of H-pyrrole nitrogens is 1. The fourth-order valence-corrected chi connectivity index (χ4v) is 3.64. The molecule has 0 spiro atoms. The van der Waals surface area contributed by atoms with Gasteiger partial charge in [-0.15, -0.1) is 0 Å². The number of amides is 2. The molecule has 2 fully saturated rings. The zero-order chi connectivity index (χ0) is 16.5. The minimum atomic E-state index is 0.0381. The van der Waals surface area contributed by atoms with E-state index in [0.717, 1.165) is 31.6 Å². The predicted molar refractivity (Wildman–Crippen MR) is 86.9 cm³/mol. The van der Waals surface area contributed by atoms with Crippen molar-refractivity contribution in [1.82, 2.24) is 25.4 Å². The first kappa shape index (κ1) is 14.9. The molecule has 24 heavy (non-hydrogen) atoms. The van der Waals surface area contributed by atoms with Crippen molar-refractivity contribution in [2.45, 2.75) is 12.8 Å². The van der Waals surface area contributed by atoms with Crippen molar-refractivity contribution in [3.8, 4) is 11.4 Å². The van der Waals surface area contributed by atoms with E-state index in [1.165, 1.54) is 6.33 Å². The molecule has 2 N–H and O–H groups in total. The Balaban J connectivity index is 1.46. The van der Waals surface area contributed by atoms with Crippen molar-refractivity contribution in [3.63, 3.8) is 0 Å². The van der Waals surface area contributed by atoms with Gasteiger partial charge in [-0.2, -0.15) is 5.10 Å². The van der Waals surface area contributed by atoms with Gasteiger partial charge in [0, 0.05) is 37.2 Å². The van der Waals surface area contributed by atoms with Crippen LogP contribution >= 0.6 is 0 Å². The maximum Gasteiger partial charge on any atom is 0.253 e. The number of aromatic nitrogens is 3. The van der Waals surface area contributed by atoms with Crippen LogP contribution in [-0.2, 0) is 4.79 Å². The van der Waals surface area contributed by atoms with E-state index >= 15 is 0 Å². The normalized spacial score (nSPS) is 23.5. The van der Waals surface area contributed by atoms with Gasteiger partial charge in [0.05, 0.1) is 0 Å². The topological polar surface area (TPSA) is 91.0 Å². The van der Waals surface area contributed by atoms with E-state index in [1.807, 2.05) is 29.2 Å². The summed E-state index contributed by atoms with van der Waals surface area (Å²) in [7, 11) is 0. The third-order valence-electron chi connectivity index (χ3n) is 4.99. The Kier molecular flexibility index (Phi) is 3.76. The number of likely N-dealkylation sites (tertiary alicyclic amines) is 1. The Morgan fingerprint density at radius 1 is 1.29 bits per heavy atom. The van der Waals surface area contributed by atoms with Gasteiger partial charge in [0.2, 0.25) is 5.91 Å². The molecule has 1 aromatic heterocycles. The zero-order valence-corrected chi connectivity index (χ0v) is 13.2. The molecule has 0 aliphatic carbocycles. The van der Waals surface area contributed by atoms with Crippen LogP contribution in [0.15, 0.2) is 30.6 Å². The van der Waals surface area contributed by atoms with E-state index in [2.05, 4.69) is 20.5 Å². The second kappa shape index (κ2) is 6.07. The molecule has 2 saturated heterocycles. The molecule has 3 heterocycles. The average molecular weight is 325 g/mol. The molecular formula is C17H19N5O2. The van der Waals surface area contributed by atoms with Crippen LogP contribution in [0.1, 0.15) is 23.2 Å². The van der Waals surface area contributed by atoms with Gasteiger partial charge in [-0.1, -0.05) is 12.1 Å². The Morgan fingerprint density at radius 3 is 2.96 bits per heavy atom. The largest absolute Gasteiger partial charge is 0.356 e. The van der Waals surface area contributed by atoms with Gasteiger partial charge in [0.15, 0.2) is 5.82 Å². The molecule has 124 valence electrons. The summed E-state index contributed by atoms with van der Waals surface area (Å²) in [5.41, 5.74) is 1.50. The van der Waals surface area contributed by atoms with Crippen LogP contribution in [0.3, 0.4) is 0 Å². The van der Waals surface area contributed by atoms with E-state index in [1.54, 1.807) is 0 Å². The molecule has 2 unspecified atom stereocenters. The first-order chi connectivity index (χ1) is 11.7. The summed E-state index contributed by atoms with van der Waals surface area (Å²) >= 11 is 0. The van der Waals surface area contributed by atoms with Gasteiger partial charge < -0.3 is 10.2 Å². The van der Waals surface area contributed by atoms with Gasteiger partial charge in [-0.3, -0.25) is 14.7 Å². The van der Waals surface area contributed by atoms with E-state index in [9.17, 15) is 9.59 Å². The minimum absolute atomic E-state index is 0.0381. The summed E-state index contributed by atoms with van der Waals surface area (Å²) in [6.07, 6.45) is 3.01. The van der Waals surface area contributed by atoms with Crippen LogP contribution < -0.4 is 5.32 Å². The Hall–Kier alpha value is -2.70. The number of nitrogens with zero attached hydrogens (tertiary/aromatic N) is 3. The molecule has 2 amide bonds. The van der Waals surface area contributed by atoms with Crippen molar-refractivity contribution in [2.75, 3.05) is 19.6 Å². The molecule has 2 aliphatic heterocycles. The number of nitrogens with one attached hydrogen (secondary N) is 2. The molecule has 2 aromatic rings. The Morgan fingerprint density at radius 2 is 2.21 bits per heavy atom. The highest BCUT2D eigenvalue weighted by Crippen LogP contribution is 2.29. The summed E-state index contributed by atoms with van der Waals surface area (Å²) in [6.45, 7) is 2.22. The summed E-state index contributed by atoms with van der Waals surface area (Å²) in [5, 5.41) is 9.54. The van der Waals surface area contributed by atoms with Gasteiger partial charge >= 0.3 is 0 Å². The number of carbonyl (C=O) groups is 2. The van der Waals surface area contributed by atoms with Crippen LogP contribution in [-0.4, -0.2) is 51.5 Å². The van der Waals surface area contributed by atoms with Crippen molar-refractivity contribution in [3.05, 3.63) is 36.2 Å². The summed E-state index contributed by atoms with van der Waals surface area (Å²) in [4.78, 5) is 30.2. The standard InChI is InChI=1S/C17H19N5O2/c23-15-7-14(8-18-15)13-4-5-22(9-13)17(24)12-3-1-2-11(6-12)16-19-10-20-21-16/h1-3,6,10,13-14H,4-5,7-9H2,(H,18,23)(H,19,20,21). The van der Waals surface area contributed by atoms with Gasteiger partial charge in [-0.25, -0.2) is 4.98 Å². The SMILES string of the molecule is O=C1CC(C2CCN(C(=O)c3cccc(-c4ncn[nH]4)c3)C2)CN1. The molecule has 2 atom stereocenters. The quantitative estimate of drug-likeness (QED) is 0.883. The molecule has 0 saturated carbocycles. The second-order valence-corrected chi connectivity index (χ2v) is 6.48. The van der Waals surface area contributed by atoms with Gasteiger partial charge in [0.25, 0.3) is 5.91 Å². The molecule has 7 heteroatoms. The molecular weight excluding hydrogens is 306 g/mol. The Bertz CT molecular complexity index is 758. The fraction of sp³-hybridized carbons (Fsp3) is 0.412. The average Bonchev–Trinajstić information content (AvgIpc) is 3.35. The number of carbonyl (C=O) groups excluding carboxylic acids is 2. The van der Waals surface area contributed by atoms with Crippen LogP contribution in [0.25, 0.3) is 11.4 Å². The number of hydrogen-bond acceptors (Lipinski definition) is 4. The van der Waals surface area contributed by atoms with E-state index in [4.69, 9.17) is 0 Å². The molecule has 7 nitrogen and oxygen atoms in total. The van der Waals surface area contributed by atoms with E-state index in [-0.39, 0.29) is 11.8 Å². The lowest BCUT2D eigenvalue weighted by molar-refractivity contribution is -0.119. The van der Waals surface area contributed by atoms with E-state index in [0.29, 0.717) is 29.6 Å². The maximum absolute atomic E-state index is 12.8. The molecule has 4 rings (SSSR count). The Labute approximate surface area is 139 Å². The summed E-state index contributed by atoms with van der Waals surface area (Å²) in [6, 6.07) is 7.44. The highest BCUT2D eigenvalue weighted by molar-refractivity contribution is 5.95. The van der Waals surface area contributed by atoms with Gasteiger partial charge in [0.1, 0.15) is 6.33 Å². The number of benzene rings is 1. The summed E-state index contributed by atoms with van der Waals surface area (Å²) < 4.78 is 0. The van der Waals surface area contributed by atoms with Crippen LogP contribution in [0, 0.1) is 11.8 Å². The highest BCUT2D eigenvalue weighted by atomic mass is 16.2. The van der Waals surface area contributed by atoms with E-state index < -0.39 is 0 Å². The third kappa shape index (κ3) is 2.77. The lowest BCUT2D eigenvalue weighted by Gasteiger charge is -2.19. The first-order valence-corrected chi connectivity index (χ1v) is 8.22. The smallest absolute Gasteiger partial charge is 0.253 e. The number of hydrogen-bond donors (Lipinski definition) is 2. The number of aromatic amines is 1. The first-order valence-electron chi connectivity index (χ1n) is 8.22. The van der Waals surface area contributed by atoms with Crippen LogP contribution in [0.2, 0.25) is 0 Å². The van der Waals surface area contributed by atoms with Crippen molar-refractivity contribution in [1.29, 1.82) is 0 Å². The van der Waals surface area contributed by atoms with Crippen molar-refractivity contribution >= 4 is 11.8 Å². The van der Waals surface area contributed by atoms with Crippen LogP contribution in [0.4, 0.5) is 0 Å². The summed E-state index contributed by atoms with van der Waals surface area (Å²) in [5.74, 6) is 1.58. The van der Waals surface area contributed by atoms with Gasteiger partial charge in [-0.05, 0) is 30.4 Å². The second-order valence-electron chi connectivity index (χ2n) is 6.48. The van der Waals surface area contributed by atoms with Crippen molar-refractivity contribution < 1.29 is 9.59 Å². The maximum atomic E-state index is 12.8. The fourth-order valence-electron chi connectivity index (χ4n) is 3.64. The lowest BCUT2D eigenvalue weighted by atomic mass is 9.91. The molecule has 1 aromatic carbocycles. The minimum Gasteiger partial charge on any atom is -0.356 e. The monoisotopic (exact) mass is 325 g/mol. The number of rotatable bonds is 3. The van der Waals surface area contributed by atoms with Crippen molar-refractivity contribution in [2.24, 2.45) is 11.8 Å². The zero-order valence-electron chi connectivity index (χ0n) is 13.2. The molecule has 0 radical (unpaired) electrons. The lowest BCUT2D eigenvalue weighted by Crippen LogP contribution is -2.30. The molecule has 0 bridgehead atoms. The third-order valence-corrected chi connectivity index (χ3v) is 4.99.